The topological polar surface area (TPSA) is 51.7 Å². The van der Waals surface area contributed by atoms with Crippen molar-refractivity contribution in [2.45, 2.75) is 26.7 Å². The molecular formula is C21H26N2O3. The summed E-state index contributed by atoms with van der Waals surface area (Å²) >= 11 is 0. The minimum atomic E-state index is 0.00735. The van der Waals surface area contributed by atoms with E-state index in [1.807, 2.05) is 43.0 Å². The Morgan fingerprint density at radius 3 is 2.85 bits per heavy atom. The number of para-hydroxylation sites is 1. The molecular weight excluding hydrogens is 328 g/mol. The molecule has 138 valence electrons. The number of hydrogen-bond acceptors (Lipinski definition) is 4. The van der Waals surface area contributed by atoms with E-state index in [-0.39, 0.29) is 5.91 Å². The molecule has 5 heteroatoms. The average Bonchev–Trinajstić information content (AvgIpc) is 2.67. The molecule has 0 saturated carbocycles. The normalized spacial score (nSPS) is 17.0. The first kappa shape index (κ1) is 18.2. The highest BCUT2D eigenvalue weighted by atomic mass is 16.5. The Kier molecular flexibility index (Phi) is 5.76. The van der Waals surface area contributed by atoms with Crippen LogP contribution in [0.2, 0.25) is 0 Å². The Morgan fingerprint density at radius 2 is 2.08 bits per heavy atom. The summed E-state index contributed by atoms with van der Waals surface area (Å²) in [4.78, 5) is 19.1. The lowest BCUT2D eigenvalue weighted by Crippen LogP contribution is -2.41. The Morgan fingerprint density at radius 1 is 1.27 bits per heavy atom. The molecule has 0 radical (unpaired) electrons. The molecule has 1 saturated heterocycles. The number of rotatable bonds is 5. The molecule has 1 aliphatic rings. The number of aryl methyl sites for hydroxylation is 2. The quantitative estimate of drug-likeness (QED) is 0.823. The van der Waals surface area contributed by atoms with Crippen molar-refractivity contribution >= 4 is 5.91 Å². The maximum Gasteiger partial charge on any atom is 0.257 e. The maximum absolute atomic E-state index is 13.0. The predicted molar refractivity (Wildman–Crippen MR) is 101 cm³/mol. The minimum absolute atomic E-state index is 0.00735. The fourth-order valence-corrected chi connectivity index (χ4v) is 3.36. The number of piperidine rings is 1. The summed E-state index contributed by atoms with van der Waals surface area (Å²) in [6.07, 6.45) is 3.67. The molecule has 2 heterocycles. The van der Waals surface area contributed by atoms with Gasteiger partial charge in [-0.15, -0.1) is 0 Å². The van der Waals surface area contributed by atoms with Gasteiger partial charge in [-0.2, -0.15) is 0 Å². The number of methoxy groups -OCH3 is 1. The second kappa shape index (κ2) is 8.21. The molecule has 1 unspecified atom stereocenters. The van der Waals surface area contributed by atoms with Gasteiger partial charge in [0.15, 0.2) is 0 Å². The summed E-state index contributed by atoms with van der Waals surface area (Å²) in [5.41, 5.74) is 2.53. The Bertz CT molecular complexity index is 776. The largest absolute Gasteiger partial charge is 0.494 e. The fourth-order valence-electron chi connectivity index (χ4n) is 3.36. The SMILES string of the molecule is COc1cnc(C)cc1C(=O)N1CCCC(COc2ccccc2C)C1. The van der Waals surface area contributed by atoms with Crippen molar-refractivity contribution in [3.05, 3.63) is 53.3 Å². The molecule has 1 aliphatic heterocycles. The third-order valence-corrected chi connectivity index (χ3v) is 4.83. The summed E-state index contributed by atoms with van der Waals surface area (Å²) < 4.78 is 11.3. The molecule has 3 rings (SSSR count). The van der Waals surface area contributed by atoms with Gasteiger partial charge in [-0.05, 0) is 44.4 Å². The van der Waals surface area contributed by atoms with Crippen LogP contribution in [-0.2, 0) is 0 Å². The fraction of sp³-hybridized carbons (Fsp3) is 0.429. The molecule has 2 aromatic rings. The molecule has 1 atom stereocenters. The Balaban J connectivity index is 1.66. The van der Waals surface area contributed by atoms with E-state index >= 15 is 0 Å². The van der Waals surface area contributed by atoms with Crippen molar-refractivity contribution in [1.82, 2.24) is 9.88 Å². The van der Waals surface area contributed by atoms with E-state index in [1.54, 1.807) is 19.4 Å². The number of carbonyl (C=O) groups excluding carboxylic acids is 1. The summed E-state index contributed by atoms with van der Waals surface area (Å²) in [7, 11) is 1.57. The molecule has 0 spiro atoms. The molecule has 1 aromatic carbocycles. The van der Waals surface area contributed by atoms with Crippen LogP contribution < -0.4 is 9.47 Å². The number of ether oxygens (including phenoxy) is 2. The summed E-state index contributed by atoms with van der Waals surface area (Å²) in [6, 6.07) is 9.83. The number of pyridine rings is 1. The van der Waals surface area contributed by atoms with Crippen molar-refractivity contribution in [3.63, 3.8) is 0 Å². The van der Waals surface area contributed by atoms with Crippen LogP contribution in [-0.4, -0.2) is 42.6 Å². The Hall–Kier alpha value is -2.56. The average molecular weight is 354 g/mol. The van der Waals surface area contributed by atoms with Gasteiger partial charge in [-0.25, -0.2) is 0 Å². The van der Waals surface area contributed by atoms with Gasteiger partial charge in [0.25, 0.3) is 5.91 Å². The number of carbonyl (C=O) groups is 1. The first-order chi connectivity index (χ1) is 12.6. The number of nitrogens with zero attached hydrogens (tertiary/aromatic N) is 2. The van der Waals surface area contributed by atoms with Crippen LogP contribution in [0.3, 0.4) is 0 Å². The van der Waals surface area contributed by atoms with Crippen LogP contribution in [0.4, 0.5) is 0 Å². The maximum atomic E-state index is 13.0. The smallest absolute Gasteiger partial charge is 0.257 e. The highest BCUT2D eigenvalue weighted by Crippen LogP contribution is 2.25. The zero-order chi connectivity index (χ0) is 18.5. The molecule has 1 aromatic heterocycles. The van der Waals surface area contributed by atoms with Gasteiger partial charge in [0, 0.05) is 24.7 Å². The van der Waals surface area contributed by atoms with E-state index in [0.717, 1.165) is 36.4 Å². The van der Waals surface area contributed by atoms with E-state index in [9.17, 15) is 4.79 Å². The molecule has 0 aliphatic carbocycles. The lowest BCUT2D eigenvalue weighted by molar-refractivity contribution is 0.0629. The van der Waals surface area contributed by atoms with E-state index in [0.29, 0.717) is 30.4 Å². The second-order valence-corrected chi connectivity index (χ2v) is 6.86. The van der Waals surface area contributed by atoms with Gasteiger partial charge < -0.3 is 14.4 Å². The van der Waals surface area contributed by atoms with Crippen LogP contribution in [0.5, 0.6) is 11.5 Å². The second-order valence-electron chi connectivity index (χ2n) is 6.86. The number of benzene rings is 1. The highest BCUT2D eigenvalue weighted by molar-refractivity contribution is 5.97. The highest BCUT2D eigenvalue weighted by Gasteiger charge is 2.27. The van der Waals surface area contributed by atoms with E-state index < -0.39 is 0 Å². The summed E-state index contributed by atoms with van der Waals surface area (Å²) in [5, 5.41) is 0. The zero-order valence-electron chi connectivity index (χ0n) is 15.7. The van der Waals surface area contributed by atoms with Crippen molar-refractivity contribution in [1.29, 1.82) is 0 Å². The van der Waals surface area contributed by atoms with E-state index in [4.69, 9.17) is 9.47 Å². The number of amides is 1. The van der Waals surface area contributed by atoms with Crippen LogP contribution in [0.25, 0.3) is 0 Å². The van der Waals surface area contributed by atoms with Crippen LogP contribution in [0.15, 0.2) is 36.5 Å². The van der Waals surface area contributed by atoms with Gasteiger partial charge in [-0.3, -0.25) is 9.78 Å². The van der Waals surface area contributed by atoms with Gasteiger partial charge in [0.05, 0.1) is 25.5 Å². The first-order valence-corrected chi connectivity index (χ1v) is 9.07. The molecule has 1 amide bonds. The van der Waals surface area contributed by atoms with Crippen molar-refractivity contribution in [2.24, 2.45) is 5.92 Å². The minimum Gasteiger partial charge on any atom is -0.494 e. The number of hydrogen-bond donors (Lipinski definition) is 0. The molecule has 0 bridgehead atoms. The summed E-state index contributed by atoms with van der Waals surface area (Å²) in [6.45, 7) is 6.02. The Labute approximate surface area is 155 Å². The van der Waals surface area contributed by atoms with E-state index in [1.165, 1.54) is 0 Å². The zero-order valence-corrected chi connectivity index (χ0v) is 15.7. The van der Waals surface area contributed by atoms with Crippen molar-refractivity contribution < 1.29 is 14.3 Å². The number of aromatic nitrogens is 1. The third-order valence-electron chi connectivity index (χ3n) is 4.83. The standard InChI is InChI=1S/C21H26N2O3/c1-15-7-4-5-9-19(15)26-14-17-8-6-10-23(13-17)21(24)18-11-16(2)22-12-20(18)25-3/h4-5,7,9,11-12,17H,6,8,10,13-14H2,1-3H3. The number of likely N-dealkylation sites (tertiary alicyclic amines) is 1. The van der Waals surface area contributed by atoms with Crippen molar-refractivity contribution in [2.75, 3.05) is 26.8 Å². The van der Waals surface area contributed by atoms with Crippen molar-refractivity contribution in [3.8, 4) is 11.5 Å². The monoisotopic (exact) mass is 354 g/mol. The van der Waals surface area contributed by atoms with Gasteiger partial charge >= 0.3 is 0 Å². The van der Waals surface area contributed by atoms with Gasteiger partial charge in [0.2, 0.25) is 0 Å². The van der Waals surface area contributed by atoms with Crippen LogP contribution >= 0.6 is 0 Å². The molecule has 5 nitrogen and oxygen atoms in total. The lowest BCUT2D eigenvalue weighted by Gasteiger charge is -2.33. The molecule has 1 fully saturated rings. The van der Waals surface area contributed by atoms with E-state index in [2.05, 4.69) is 4.98 Å². The van der Waals surface area contributed by atoms with Gasteiger partial charge in [0.1, 0.15) is 11.5 Å². The van der Waals surface area contributed by atoms with Crippen LogP contribution in [0.1, 0.15) is 34.5 Å². The van der Waals surface area contributed by atoms with Crippen LogP contribution in [0, 0.1) is 19.8 Å². The summed E-state index contributed by atoms with van der Waals surface area (Å²) in [5.74, 6) is 1.79. The molecule has 26 heavy (non-hydrogen) atoms. The third kappa shape index (κ3) is 4.15. The lowest BCUT2D eigenvalue weighted by atomic mass is 9.98. The predicted octanol–water partition coefficient (Wildman–Crippen LogP) is 3.64. The first-order valence-electron chi connectivity index (χ1n) is 9.07. The molecule has 0 N–H and O–H groups in total. The van der Waals surface area contributed by atoms with Gasteiger partial charge in [-0.1, -0.05) is 18.2 Å².